The number of aliphatic hydroxyl groups excluding tert-OH is 1. The average Bonchev–Trinajstić information content (AvgIpc) is 2.29. The smallest absolute Gasteiger partial charge is 0.0568 e. The Bertz CT molecular complexity index is 208. The van der Waals surface area contributed by atoms with Crippen LogP contribution in [0.25, 0.3) is 0 Å². The molecule has 1 N–H and O–H groups in total. The van der Waals surface area contributed by atoms with Gasteiger partial charge in [0.1, 0.15) is 0 Å². The summed E-state index contributed by atoms with van der Waals surface area (Å²) in [5.41, 5.74) is 0. The van der Waals surface area contributed by atoms with Crippen molar-refractivity contribution in [3.8, 4) is 0 Å². The number of benzene rings is 1. The summed E-state index contributed by atoms with van der Waals surface area (Å²) in [5, 5.41) is 9.35. The predicted molar refractivity (Wildman–Crippen MR) is 64.6 cm³/mol. The lowest BCUT2D eigenvalue weighted by Crippen LogP contribution is -2.28. The molecule has 0 spiro atoms. The van der Waals surface area contributed by atoms with Gasteiger partial charge in [0.2, 0.25) is 0 Å². The maximum absolute atomic E-state index is 9.35. The summed E-state index contributed by atoms with van der Waals surface area (Å²) in [6.07, 6.45) is 3.52. The zero-order chi connectivity index (χ0) is 11.1. The first-order chi connectivity index (χ1) is 7.22. The molecule has 1 nitrogen and oxygen atoms in total. The van der Waals surface area contributed by atoms with Gasteiger partial charge in [-0.1, -0.05) is 63.1 Å². The van der Waals surface area contributed by atoms with Gasteiger partial charge in [0, 0.05) is 0 Å². The van der Waals surface area contributed by atoms with Gasteiger partial charge in [-0.15, -0.1) is 0 Å². The summed E-state index contributed by atoms with van der Waals surface area (Å²) in [6, 6.07) is 12.0. The fourth-order valence-electron chi connectivity index (χ4n) is 1.94. The van der Waals surface area contributed by atoms with Gasteiger partial charge < -0.3 is 5.11 Å². The van der Waals surface area contributed by atoms with Crippen molar-refractivity contribution in [3.63, 3.8) is 0 Å². The lowest BCUT2D eigenvalue weighted by molar-refractivity contribution is 0.0486. The third-order valence-electron chi connectivity index (χ3n) is 3.33. The van der Waals surface area contributed by atoms with Gasteiger partial charge in [-0.05, 0) is 18.3 Å². The third kappa shape index (κ3) is 4.48. The molecular formula is C14H22O. The van der Waals surface area contributed by atoms with Crippen LogP contribution in [-0.2, 0) is 0 Å². The SMILES string of the molecule is CC1CCCC(O)C1C.c1ccccc1. The molecule has 2 rings (SSSR count). The van der Waals surface area contributed by atoms with Crippen LogP contribution in [0.4, 0.5) is 0 Å². The molecule has 0 bridgehead atoms. The Hall–Kier alpha value is -0.820. The van der Waals surface area contributed by atoms with Crippen LogP contribution in [-0.4, -0.2) is 11.2 Å². The Kier molecular flexibility index (Phi) is 5.41. The van der Waals surface area contributed by atoms with Gasteiger partial charge in [0.15, 0.2) is 0 Å². The van der Waals surface area contributed by atoms with Gasteiger partial charge in [-0.25, -0.2) is 0 Å². The second kappa shape index (κ2) is 6.62. The van der Waals surface area contributed by atoms with E-state index in [0.717, 1.165) is 12.3 Å². The van der Waals surface area contributed by atoms with Gasteiger partial charge in [0.05, 0.1) is 6.10 Å². The first kappa shape index (κ1) is 12.3. The van der Waals surface area contributed by atoms with Crippen molar-refractivity contribution in [3.05, 3.63) is 36.4 Å². The minimum atomic E-state index is -0.0197. The Balaban J connectivity index is 0.000000162. The second-order valence-corrected chi connectivity index (χ2v) is 4.49. The number of aliphatic hydroxyl groups is 1. The highest BCUT2D eigenvalue weighted by molar-refractivity contribution is 4.99. The van der Waals surface area contributed by atoms with E-state index in [0.29, 0.717) is 5.92 Å². The van der Waals surface area contributed by atoms with Crippen molar-refractivity contribution in [2.75, 3.05) is 0 Å². The van der Waals surface area contributed by atoms with Gasteiger partial charge in [-0.3, -0.25) is 0 Å². The first-order valence-electron chi connectivity index (χ1n) is 5.90. The van der Waals surface area contributed by atoms with Crippen molar-refractivity contribution in [1.82, 2.24) is 0 Å². The van der Waals surface area contributed by atoms with E-state index in [1.54, 1.807) is 0 Å². The summed E-state index contributed by atoms with van der Waals surface area (Å²) < 4.78 is 0. The quantitative estimate of drug-likeness (QED) is 0.689. The van der Waals surface area contributed by atoms with E-state index in [2.05, 4.69) is 13.8 Å². The minimum Gasteiger partial charge on any atom is -0.393 e. The molecule has 0 saturated heterocycles. The largest absolute Gasteiger partial charge is 0.393 e. The maximum Gasteiger partial charge on any atom is 0.0568 e. The van der Waals surface area contributed by atoms with Crippen LogP contribution in [0.1, 0.15) is 33.1 Å². The van der Waals surface area contributed by atoms with Crippen molar-refractivity contribution < 1.29 is 5.11 Å². The van der Waals surface area contributed by atoms with Crippen LogP contribution in [0.5, 0.6) is 0 Å². The van der Waals surface area contributed by atoms with Crippen molar-refractivity contribution in [2.45, 2.75) is 39.2 Å². The van der Waals surface area contributed by atoms with E-state index < -0.39 is 0 Å². The third-order valence-corrected chi connectivity index (χ3v) is 3.33. The molecule has 0 amide bonds. The fraction of sp³-hybridized carbons (Fsp3) is 0.571. The van der Waals surface area contributed by atoms with Crippen LogP contribution in [0, 0.1) is 11.8 Å². The van der Waals surface area contributed by atoms with Crippen LogP contribution in [0.2, 0.25) is 0 Å². The molecule has 0 aromatic heterocycles. The molecule has 3 atom stereocenters. The van der Waals surface area contributed by atoms with Crippen molar-refractivity contribution in [2.24, 2.45) is 11.8 Å². The van der Waals surface area contributed by atoms with Crippen LogP contribution >= 0.6 is 0 Å². The summed E-state index contributed by atoms with van der Waals surface area (Å²) in [6.45, 7) is 4.38. The fourth-order valence-corrected chi connectivity index (χ4v) is 1.94. The molecule has 0 radical (unpaired) electrons. The van der Waals surface area contributed by atoms with E-state index in [1.807, 2.05) is 36.4 Å². The zero-order valence-electron chi connectivity index (χ0n) is 9.76. The Labute approximate surface area is 93.1 Å². The molecule has 0 aliphatic heterocycles. The Morgan fingerprint density at radius 3 is 1.67 bits per heavy atom. The highest BCUT2D eigenvalue weighted by atomic mass is 16.3. The van der Waals surface area contributed by atoms with E-state index in [4.69, 9.17) is 0 Å². The molecule has 84 valence electrons. The maximum atomic E-state index is 9.35. The van der Waals surface area contributed by atoms with Crippen molar-refractivity contribution >= 4 is 0 Å². The van der Waals surface area contributed by atoms with Crippen LogP contribution in [0.15, 0.2) is 36.4 Å². The molecule has 1 aromatic carbocycles. The Morgan fingerprint density at radius 2 is 1.33 bits per heavy atom. The van der Waals surface area contributed by atoms with Gasteiger partial charge in [-0.2, -0.15) is 0 Å². The van der Waals surface area contributed by atoms with E-state index >= 15 is 0 Å². The lowest BCUT2D eigenvalue weighted by Gasteiger charge is -2.30. The van der Waals surface area contributed by atoms with E-state index in [9.17, 15) is 5.11 Å². The molecule has 1 aliphatic rings. The first-order valence-corrected chi connectivity index (χ1v) is 5.90. The van der Waals surface area contributed by atoms with Gasteiger partial charge in [0.25, 0.3) is 0 Å². The zero-order valence-corrected chi connectivity index (χ0v) is 9.76. The average molecular weight is 206 g/mol. The standard InChI is InChI=1S/C8H16O.C6H6/c1-6-4-3-5-8(9)7(6)2;1-2-4-6-5-3-1/h6-9H,3-5H2,1-2H3;1-6H. The second-order valence-electron chi connectivity index (χ2n) is 4.49. The number of rotatable bonds is 0. The van der Waals surface area contributed by atoms with Crippen LogP contribution < -0.4 is 0 Å². The number of hydrogen-bond acceptors (Lipinski definition) is 1. The monoisotopic (exact) mass is 206 g/mol. The topological polar surface area (TPSA) is 20.2 Å². The lowest BCUT2D eigenvalue weighted by atomic mass is 9.80. The molecule has 15 heavy (non-hydrogen) atoms. The summed E-state index contributed by atoms with van der Waals surface area (Å²) in [4.78, 5) is 0. The molecule has 3 unspecified atom stereocenters. The summed E-state index contributed by atoms with van der Waals surface area (Å²) in [5.74, 6) is 1.26. The molecule has 1 fully saturated rings. The molecule has 1 heteroatoms. The number of hydrogen-bond donors (Lipinski definition) is 1. The van der Waals surface area contributed by atoms with E-state index in [1.165, 1.54) is 12.8 Å². The highest BCUT2D eigenvalue weighted by Crippen LogP contribution is 2.28. The summed E-state index contributed by atoms with van der Waals surface area (Å²) in [7, 11) is 0. The minimum absolute atomic E-state index is 0.0197. The summed E-state index contributed by atoms with van der Waals surface area (Å²) >= 11 is 0. The molecule has 1 saturated carbocycles. The van der Waals surface area contributed by atoms with Crippen molar-refractivity contribution in [1.29, 1.82) is 0 Å². The predicted octanol–water partition coefficient (Wildman–Crippen LogP) is 3.49. The van der Waals surface area contributed by atoms with Crippen LogP contribution in [0.3, 0.4) is 0 Å². The molecule has 1 aromatic rings. The van der Waals surface area contributed by atoms with Gasteiger partial charge >= 0.3 is 0 Å². The Morgan fingerprint density at radius 1 is 0.867 bits per heavy atom. The molecule has 1 aliphatic carbocycles. The highest BCUT2D eigenvalue weighted by Gasteiger charge is 2.24. The molecular weight excluding hydrogens is 184 g/mol. The molecule has 0 heterocycles. The normalized spacial score (nSPS) is 30.2. The van der Waals surface area contributed by atoms with E-state index in [-0.39, 0.29) is 6.10 Å².